The van der Waals surface area contributed by atoms with E-state index in [1.54, 1.807) is 0 Å². The third kappa shape index (κ3) is 7.46. The van der Waals surface area contributed by atoms with E-state index in [9.17, 15) is 4.79 Å². The molecule has 0 bridgehead atoms. The first-order chi connectivity index (χ1) is 11.7. The topological polar surface area (TPSA) is 90.7 Å². The first-order valence-electron chi connectivity index (χ1n) is 8.68. The largest absolute Gasteiger partial charge is 0.460 e. The van der Waals surface area contributed by atoms with Gasteiger partial charge in [0.25, 0.3) is 0 Å². The number of unbranched alkanes of at least 4 members (excludes halogenated alkanes) is 1. The zero-order chi connectivity index (χ0) is 19.0. The van der Waals surface area contributed by atoms with Crippen LogP contribution in [0.3, 0.4) is 0 Å². The molecule has 0 fully saturated rings. The lowest BCUT2D eigenvalue weighted by Crippen LogP contribution is -2.40. The van der Waals surface area contributed by atoms with E-state index in [2.05, 4.69) is 28.0 Å². The second-order valence-electron chi connectivity index (χ2n) is 7.27. The summed E-state index contributed by atoms with van der Waals surface area (Å²) in [5.74, 6) is 4.84. The maximum atomic E-state index is 12.8. The first kappa shape index (κ1) is 21.5. The van der Waals surface area contributed by atoms with Crippen molar-refractivity contribution >= 4 is 27.7 Å². The van der Waals surface area contributed by atoms with Crippen molar-refractivity contribution < 1.29 is 9.53 Å². The average Bonchev–Trinajstić information content (AvgIpc) is 2.53. The van der Waals surface area contributed by atoms with Crippen LogP contribution in [0.2, 0.25) is 0 Å². The van der Waals surface area contributed by atoms with Crippen molar-refractivity contribution in [2.45, 2.75) is 59.0 Å². The molecule has 140 valence electrons. The minimum atomic E-state index is -0.543. The molecule has 0 saturated carbocycles. The van der Waals surface area contributed by atoms with Crippen LogP contribution in [0.1, 0.15) is 52.5 Å². The number of halogens is 1. The number of benzene rings is 1. The minimum Gasteiger partial charge on any atom is -0.460 e. The van der Waals surface area contributed by atoms with Gasteiger partial charge < -0.3 is 16.3 Å². The van der Waals surface area contributed by atoms with Crippen LogP contribution in [-0.4, -0.2) is 17.4 Å². The predicted octanol–water partition coefficient (Wildman–Crippen LogP) is 3.99. The fraction of sp³-hybridized carbons (Fsp3) is 0.579. The Labute approximate surface area is 159 Å². The Morgan fingerprint density at radius 1 is 1.24 bits per heavy atom. The highest BCUT2D eigenvalue weighted by Gasteiger charge is 2.34. The summed E-state index contributed by atoms with van der Waals surface area (Å²) in [5.41, 5.74) is 6.61. The number of carbonyl (C=O) groups excluding carboxylic acids is 1. The van der Waals surface area contributed by atoms with Gasteiger partial charge in [-0.05, 0) is 51.3 Å². The number of hydrazone groups is 1. The van der Waals surface area contributed by atoms with Gasteiger partial charge in [0.1, 0.15) is 11.4 Å². The summed E-state index contributed by atoms with van der Waals surface area (Å²) >= 11 is 3.43. The van der Waals surface area contributed by atoms with E-state index in [4.69, 9.17) is 16.3 Å². The van der Waals surface area contributed by atoms with E-state index in [-0.39, 0.29) is 23.6 Å². The summed E-state index contributed by atoms with van der Waals surface area (Å²) in [7, 11) is 0. The van der Waals surface area contributed by atoms with Crippen LogP contribution in [0.25, 0.3) is 0 Å². The van der Waals surface area contributed by atoms with Crippen LogP contribution in [0.5, 0.6) is 0 Å². The lowest BCUT2D eigenvalue weighted by atomic mass is 9.82. The van der Waals surface area contributed by atoms with Gasteiger partial charge in [-0.25, -0.2) is 0 Å². The van der Waals surface area contributed by atoms with Crippen molar-refractivity contribution in [2.24, 2.45) is 28.5 Å². The molecular weight excluding hydrogens is 382 g/mol. The monoisotopic (exact) mass is 411 g/mol. The SMILES string of the molecule is CCCCC(C(=O)OC(C)(C)C)C(Cc1ccc(Br)cc1)/C(N)=N/N. The first-order valence-corrected chi connectivity index (χ1v) is 9.47. The Morgan fingerprint density at radius 3 is 2.32 bits per heavy atom. The maximum Gasteiger partial charge on any atom is 0.310 e. The normalized spacial score (nSPS) is 14.8. The van der Waals surface area contributed by atoms with Crippen LogP contribution in [0.15, 0.2) is 33.8 Å². The molecule has 2 unspecified atom stereocenters. The smallest absolute Gasteiger partial charge is 0.310 e. The molecule has 0 amide bonds. The highest BCUT2D eigenvalue weighted by molar-refractivity contribution is 9.10. The molecule has 1 rings (SSSR count). The number of carbonyl (C=O) groups is 1. The molecule has 0 aliphatic rings. The number of nitrogens with zero attached hydrogens (tertiary/aromatic N) is 1. The molecule has 0 aliphatic heterocycles. The second-order valence-corrected chi connectivity index (χ2v) is 8.19. The van der Waals surface area contributed by atoms with Crippen LogP contribution >= 0.6 is 15.9 Å². The lowest BCUT2D eigenvalue weighted by molar-refractivity contribution is -0.161. The standard InChI is InChI=1S/C19H30BrN3O2/c1-5-6-7-15(18(24)25-19(2,3)4)16(17(21)23-22)12-13-8-10-14(20)11-9-13/h8-11,15-16H,5-7,12,22H2,1-4H3,(H2,21,23). The average molecular weight is 412 g/mol. The molecule has 0 saturated heterocycles. The van der Waals surface area contributed by atoms with Gasteiger partial charge in [0.15, 0.2) is 0 Å². The Balaban J connectivity index is 3.10. The van der Waals surface area contributed by atoms with Gasteiger partial charge >= 0.3 is 5.97 Å². The van der Waals surface area contributed by atoms with Crippen LogP contribution in [0, 0.1) is 11.8 Å². The highest BCUT2D eigenvalue weighted by atomic mass is 79.9. The number of ether oxygens (including phenoxy) is 1. The van der Waals surface area contributed by atoms with E-state index < -0.39 is 5.60 Å². The fourth-order valence-corrected chi connectivity index (χ4v) is 2.97. The molecule has 0 radical (unpaired) electrons. The number of amidine groups is 1. The number of rotatable bonds is 8. The predicted molar refractivity (Wildman–Crippen MR) is 106 cm³/mol. The molecule has 0 aromatic heterocycles. The van der Waals surface area contributed by atoms with Gasteiger partial charge in [0, 0.05) is 10.4 Å². The van der Waals surface area contributed by atoms with Gasteiger partial charge in [-0.2, -0.15) is 5.10 Å². The van der Waals surface area contributed by atoms with Crippen molar-refractivity contribution in [3.05, 3.63) is 34.3 Å². The molecule has 25 heavy (non-hydrogen) atoms. The summed E-state index contributed by atoms with van der Waals surface area (Å²) < 4.78 is 6.63. The molecule has 0 spiro atoms. The Morgan fingerprint density at radius 2 is 1.84 bits per heavy atom. The molecule has 2 atom stereocenters. The zero-order valence-corrected chi connectivity index (χ0v) is 17.2. The second kappa shape index (κ2) is 9.80. The third-order valence-corrected chi connectivity index (χ3v) is 4.49. The maximum absolute atomic E-state index is 12.8. The van der Waals surface area contributed by atoms with Crippen molar-refractivity contribution in [3.63, 3.8) is 0 Å². The molecule has 4 N–H and O–H groups in total. The summed E-state index contributed by atoms with van der Waals surface area (Å²) in [6, 6.07) is 7.95. The highest BCUT2D eigenvalue weighted by Crippen LogP contribution is 2.27. The zero-order valence-electron chi connectivity index (χ0n) is 15.6. The number of esters is 1. The van der Waals surface area contributed by atoms with Gasteiger partial charge in [0.2, 0.25) is 0 Å². The minimum absolute atomic E-state index is 0.241. The van der Waals surface area contributed by atoms with Gasteiger partial charge in [0.05, 0.1) is 5.92 Å². The molecule has 0 heterocycles. The van der Waals surface area contributed by atoms with Crippen LogP contribution < -0.4 is 11.6 Å². The van der Waals surface area contributed by atoms with Gasteiger partial charge in [-0.3, -0.25) is 4.79 Å². The quantitative estimate of drug-likeness (QED) is 0.222. The molecule has 0 aliphatic carbocycles. The molecule has 5 nitrogen and oxygen atoms in total. The summed E-state index contributed by atoms with van der Waals surface area (Å²) in [6.45, 7) is 7.69. The Hall–Kier alpha value is -1.56. The van der Waals surface area contributed by atoms with E-state index in [0.717, 1.165) is 22.9 Å². The van der Waals surface area contributed by atoms with Gasteiger partial charge in [-0.1, -0.05) is 47.8 Å². The molecule has 1 aromatic rings. The van der Waals surface area contributed by atoms with Crippen LogP contribution in [-0.2, 0) is 16.0 Å². The van der Waals surface area contributed by atoms with E-state index in [1.165, 1.54) is 0 Å². The van der Waals surface area contributed by atoms with Crippen molar-refractivity contribution in [1.29, 1.82) is 0 Å². The third-order valence-electron chi connectivity index (χ3n) is 3.96. The van der Waals surface area contributed by atoms with Crippen molar-refractivity contribution in [1.82, 2.24) is 0 Å². The molecule has 6 heteroatoms. The molecular formula is C19H30BrN3O2. The van der Waals surface area contributed by atoms with E-state index in [1.807, 2.05) is 45.0 Å². The Kier molecular flexibility index (Phi) is 8.42. The van der Waals surface area contributed by atoms with E-state index >= 15 is 0 Å². The lowest BCUT2D eigenvalue weighted by Gasteiger charge is -2.29. The van der Waals surface area contributed by atoms with Crippen LogP contribution in [0.4, 0.5) is 0 Å². The fourth-order valence-electron chi connectivity index (χ4n) is 2.71. The number of hydrogen-bond donors (Lipinski definition) is 2. The molecule has 1 aromatic carbocycles. The summed E-state index contributed by atoms with van der Waals surface area (Å²) in [6.07, 6.45) is 3.19. The Bertz CT molecular complexity index is 579. The summed E-state index contributed by atoms with van der Waals surface area (Å²) in [4.78, 5) is 12.8. The number of hydrogen-bond acceptors (Lipinski definition) is 4. The number of nitrogens with two attached hydrogens (primary N) is 2. The van der Waals surface area contributed by atoms with E-state index in [0.29, 0.717) is 12.8 Å². The van der Waals surface area contributed by atoms with Gasteiger partial charge in [-0.15, -0.1) is 0 Å². The van der Waals surface area contributed by atoms with Crippen molar-refractivity contribution in [3.8, 4) is 0 Å². The summed E-state index contributed by atoms with van der Waals surface area (Å²) in [5, 5.41) is 3.69. The van der Waals surface area contributed by atoms with Crippen molar-refractivity contribution in [2.75, 3.05) is 0 Å².